The second kappa shape index (κ2) is 8.16. The van der Waals surface area contributed by atoms with Crippen LogP contribution in [0.1, 0.15) is 16.2 Å². The fourth-order valence-electron chi connectivity index (χ4n) is 3.48. The normalized spacial score (nSPS) is 10.9. The minimum atomic E-state index is -0.359. The number of hydrogen-bond donors (Lipinski definition) is 1. The van der Waals surface area contributed by atoms with E-state index >= 15 is 0 Å². The molecule has 0 unspecified atom stereocenters. The van der Waals surface area contributed by atoms with Gasteiger partial charge in [-0.1, -0.05) is 35.9 Å². The molecule has 32 heavy (non-hydrogen) atoms. The number of anilines is 1. The zero-order chi connectivity index (χ0) is 22.1. The molecular weight excluding hydrogens is 426 g/mol. The number of rotatable bonds is 4. The van der Waals surface area contributed by atoms with E-state index in [4.69, 9.17) is 11.6 Å². The molecule has 0 spiro atoms. The first kappa shape index (κ1) is 19.8. The van der Waals surface area contributed by atoms with E-state index in [2.05, 4.69) is 30.5 Å². The van der Waals surface area contributed by atoms with Gasteiger partial charge in [-0.05, 0) is 36.8 Å². The van der Waals surface area contributed by atoms with Crippen LogP contribution >= 0.6 is 11.6 Å². The van der Waals surface area contributed by atoms with Gasteiger partial charge in [0.05, 0.1) is 34.8 Å². The largest absolute Gasteiger partial charge is 0.319 e. The van der Waals surface area contributed by atoms with Gasteiger partial charge in [-0.3, -0.25) is 9.78 Å². The number of amides is 1. The van der Waals surface area contributed by atoms with Crippen molar-refractivity contribution >= 4 is 34.1 Å². The molecule has 4 aromatic heterocycles. The van der Waals surface area contributed by atoms with E-state index in [1.165, 1.54) is 23.4 Å². The Morgan fingerprint density at radius 3 is 2.59 bits per heavy atom. The van der Waals surface area contributed by atoms with E-state index < -0.39 is 0 Å². The topological polar surface area (TPSA) is 98.5 Å². The maximum absolute atomic E-state index is 12.8. The second-order valence-electron chi connectivity index (χ2n) is 7.01. The van der Waals surface area contributed by atoms with Gasteiger partial charge in [-0.2, -0.15) is 10.2 Å². The molecule has 0 fully saturated rings. The molecule has 0 saturated heterocycles. The summed E-state index contributed by atoms with van der Waals surface area (Å²) in [6.07, 6.45) is 6.32. The van der Waals surface area contributed by atoms with Gasteiger partial charge in [0, 0.05) is 22.8 Å². The highest BCUT2D eigenvalue weighted by Crippen LogP contribution is 2.29. The third kappa shape index (κ3) is 3.67. The maximum atomic E-state index is 12.8. The Balaban J connectivity index is 1.41. The third-order valence-corrected chi connectivity index (χ3v) is 5.22. The molecule has 0 aliphatic carbocycles. The number of benzene rings is 1. The average Bonchev–Trinajstić information content (AvgIpc) is 3.33. The number of halogens is 1. The number of hydrogen-bond acceptors (Lipinski definition) is 6. The molecule has 5 rings (SSSR count). The van der Waals surface area contributed by atoms with Crippen molar-refractivity contribution in [3.8, 4) is 16.9 Å². The Hall–Kier alpha value is -4.17. The molecule has 0 aliphatic rings. The molecule has 0 saturated carbocycles. The Morgan fingerprint density at radius 2 is 1.81 bits per heavy atom. The van der Waals surface area contributed by atoms with E-state index in [1.54, 1.807) is 18.3 Å². The molecule has 1 amide bonds. The van der Waals surface area contributed by atoms with Gasteiger partial charge in [0.15, 0.2) is 5.82 Å². The second-order valence-corrected chi connectivity index (χ2v) is 7.41. The lowest BCUT2D eigenvalue weighted by Crippen LogP contribution is -2.15. The first-order valence-corrected chi connectivity index (χ1v) is 10.1. The van der Waals surface area contributed by atoms with Crippen molar-refractivity contribution in [2.24, 2.45) is 0 Å². The lowest BCUT2D eigenvalue weighted by atomic mass is 9.99. The molecule has 1 aromatic carbocycles. The van der Waals surface area contributed by atoms with Crippen molar-refractivity contribution in [3.63, 3.8) is 0 Å². The Morgan fingerprint density at radius 1 is 0.969 bits per heavy atom. The van der Waals surface area contributed by atoms with Crippen LogP contribution in [0.25, 0.3) is 27.8 Å². The lowest BCUT2D eigenvalue weighted by Gasteiger charge is -2.11. The number of fused-ring (bicyclic) bond motifs is 1. The van der Waals surface area contributed by atoms with Crippen LogP contribution in [-0.4, -0.2) is 35.9 Å². The zero-order valence-corrected chi connectivity index (χ0v) is 17.7. The molecule has 0 aliphatic heterocycles. The molecule has 0 bridgehead atoms. The van der Waals surface area contributed by atoms with E-state index in [1.807, 2.05) is 43.3 Å². The molecule has 5 aromatic rings. The van der Waals surface area contributed by atoms with Crippen LogP contribution in [0.15, 0.2) is 73.3 Å². The number of pyridine rings is 3. The minimum Gasteiger partial charge on any atom is -0.319 e. The van der Waals surface area contributed by atoms with Crippen molar-refractivity contribution in [2.75, 3.05) is 5.32 Å². The van der Waals surface area contributed by atoms with E-state index in [0.717, 1.165) is 27.7 Å². The summed E-state index contributed by atoms with van der Waals surface area (Å²) in [5, 5.41) is 12.1. The van der Waals surface area contributed by atoms with Crippen molar-refractivity contribution in [2.45, 2.75) is 6.92 Å². The molecule has 0 radical (unpaired) electrons. The smallest absolute Gasteiger partial charge is 0.274 e. The van der Waals surface area contributed by atoms with Crippen molar-refractivity contribution in [1.82, 2.24) is 29.9 Å². The Labute approximate surface area is 187 Å². The highest BCUT2D eigenvalue weighted by molar-refractivity contribution is 6.32. The fraction of sp³-hybridized carbons (Fsp3) is 0.0435. The fourth-order valence-corrected chi connectivity index (χ4v) is 3.72. The predicted octanol–water partition coefficient (Wildman–Crippen LogP) is 4.49. The van der Waals surface area contributed by atoms with Crippen molar-refractivity contribution in [3.05, 3.63) is 89.7 Å². The molecular formula is C23H16ClN7O. The number of carbonyl (C=O) groups is 1. The lowest BCUT2D eigenvalue weighted by molar-refractivity contribution is 0.102. The molecule has 9 heteroatoms. The van der Waals surface area contributed by atoms with Crippen molar-refractivity contribution < 1.29 is 4.79 Å². The summed E-state index contributed by atoms with van der Waals surface area (Å²) >= 11 is 6.28. The van der Waals surface area contributed by atoms with Gasteiger partial charge in [0.2, 0.25) is 0 Å². The first-order valence-electron chi connectivity index (χ1n) is 9.75. The molecule has 0 atom stereocenters. The van der Waals surface area contributed by atoms with Gasteiger partial charge in [-0.15, -0.1) is 4.80 Å². The summed E-state index contributed by atoms with van der Waals surface area (Å²) in [7, 11) is 0. The van der Waals surface area contributed by atoms with E-state index in [9.17, 15) is 4.79 Å². The molecule has 8 nitrogen and oxygen atoms in total. The number of carbonyl (C=O) groups excluding carboxylic acids is 1. The highest BCUT2D eigenvalue weighted by Gasteiger charge is 2.14. The minimum absolute atomic E-state index is 0.290. The zero-order valence-electron chi connectivity index (χ0n) is 16.9. The summed E-state index contributed by atoms with van der Waals surface area (Å²) in [5.74, 6) is 0.0135. The van der Waals surface area contributed by atoms with Gasteiger partial charge < -0.3 is 5.32 Å². The van der Waals surface area contributed by atoms with E-state index in [-0.39, 0.29) is 5.91 Å². The summed E-state index contributed by atoms with van der Waals surface area (Å²) in [4.78, 5) is 27.2. The Bertz CT molecular complexity index is 1450. The van der Waals surface area contributed by atoms with Crippen LogP contribution < -0.4 is 5.32 Å². The standard InChI is InChI=1S/C23H16ClN7O/c1-14-16(17-4-2-6-20-18(17)5-3-9-25-20)7-8-21(29-14)23(32)30-15-12-19(24)22(26-13-15)31-27-10-11-28-31/h2-13H,1H3,(H,30,32). The maximum Gasteiger partial charge on any atom is 0.274 e. The quantitative estimate of drug-likeness (QED) is 0.441. The summed E-state index contributed by atoms with van der Waals surface area (Å²) < 4.78 is 0. The van der Waals surface area contributed by atoms with Crippen LogP contribution in [-0.2, 0) is 0 Å². The molecule has 156 valence electrons. The summed E-state index contributed by atoms with van der Waals surface area (Å²) in [6.45, 7) is 1.88. The van der Waals surface area contributed by atoms with Crippen LogP contribution in [0.5, 0.6) is 0 Å². The number of nitrogens with zero attached hydrogens (tertiary/aromatic N) is 6. The van der Waals surface area contributed by atoms with Crippen LogP contribution in [0.4, 0.5) is 5.69 Å². The van der Waals surface area contributed by atoms with Crippen LogP contribution in [0, 0.1) is 6.92 Å². The SMILES string of the molecule is Cc1nc(C(=O)Nc2cnc(-n3nccn3)c(Cl)c2)ccc1-c1cccc2ncccc12. The molecule has 4 heterocycles. The third-order valence-electron chi connectivity index (χ3n) is 4.94. The highest BCUT2D eigenvalue weighted by atomic mass is 35.5. The number of nitrogens with one attached hydrogen (secondary N) is 1. The van der Waals surface area contributed by atoms with Gasteiger partial charge in [0.25, 0.3) is 5.91 Å². The molecule has 1 N–H and O–H groups in total. The summed E-state index contributed by atoms with van der Waals surface area (Å²) in [5.41, 5.74) is 4.35. The first-order chi connectivity index (χ1) is 15.6. The van der Waals surface area contributed by atoms with Gasteiger partial charge in [-0.25, -0.2) is 9.97 Å². The number of aryl methyl sites for hydroxylation is 1. The summed E-state index contributed by atoms with van der Waals surface area (Å²) in [6, 6.07) is 15.1. The van der Waals surface area contributed by atoms with Crippen LogP contribution in [0.3, 0.4) is 0 Å². The van der Waals surface area contributed by atoms with Crippen molar-refractivity contribution in [1.29, 1.82) is 0 Å². The van der Waals surface area contributed by atoms with Gasteiger partial charge in [0.1, 0.15) is 5.69 Å². The average molecular weight is 442 g/mol. The van der Waals surface area contributed by atoms with Gasteiger partial charge >= 0.3 is 0 Å². The monoisotopic (exact) mass is 441 g/mol. The number of aromatic nitrogens is 6. The van der Waals surface area contributed by atoms with E-state index in [0.29, 0.717) is 22.2 Å². The Kier molecular flexibility index (Phi) is 5.04. The van der Waals surface area contributed by atoms with Crippen LogP contribution in [0.2, 0.25) is 5.02 Å². The predicted molar refractivity (Wildman–Crippen MR) is 122 cm³/mol.